The number of rotatable bonds is 5. The molecule has 1 unspecified atom stereocenters. The molecule has 0 spiro atoms. The van der Waals surface area contributed by atoms with Crippen LogP contribution < -0.4 is 17.0 Å². The highest BCUT2D eigenvalue weighted by molar-refractivity contribution is 7.18. The van der Waals surface area contributed by atoms with E-state index in [9.17, 15) is 9.59 Å². The van der Waals surface area contributed by atoms with Crippen LogP contribution >= 0.6 is 11.3 Å². The summed E-state index contributed by atoms with van der Waals surface area (Å²) < 4.78 is 8.88. The molecule has 0 amide bonds. The topological polar surface area (TPSA) is 94.9 Å². The second-order valence-electron chi connectivity index (χ2n) is 7.79. The highest BCUT2D eigenvalue weighted by atomic mass is 32.1. The summed E-state index contributed by atoms with van der Waals surface area (Å²) in [5.74, 6) is 0.535. The van der Waals surface area contributed by atoms with Gasteiger partial charge in [0, 0.05) is 24.1 Å². The van der Waals surface area contributed by atoms with Crippen LogP contribution in [0.15, 0.2) is 14.6 Å². The van der Waals surface area contributed by atoms with Crippen molar-refractivity contribution in [3.8, 4) is 0 Å². The third-order valence-electron chi connectivity index (χ3n) is 5.57. The molecule has 2 aliphatic heterocycles. The molecule has 2 aromatic rings. The van der Waals surface area contributed by atoms with Gasteiger partial charge in [-0.15, -0.1) is 11.3 Å². The monoisotopic (exact) mass is 405 g/mol. The van der Waals surface area contributed by atoms with Crippen molar-refractivity contribution in [1.29, 1.82) is 0 Å². The minimum Gasteiger partial charge on any atom is -0.376 e. The molecular weight excluding hydrogens is 378 g/mol. The van der Waals surface area contributed by atoms with Gasteiger partial charge < -0.3 is 15.4 Å². The fourth-order valence-electron chi connectivity index (χ4n) is 4.00. The van der Waals surface area contributed by atoms with E-state index in [-0.39, 0.29) is 23.4 Å². The van der Waals surface area contributed by atoms with Gasteiger partial charge in [-0.25, -0.2) is 4.79 Å². The zero-order valence-corrected chi connectivity index (χ0v) is 17.4. The Morgan fingerprint density at radius 3 is 2.75 bits per heavy atom. The van der Waals surface area contributed by atoms with Gasteiger partial charge in [-0.3, -0.25) is 18.9 Å². The number of ether oxygens (including phenoxy) is 1. The maximum atomic E-state index is 13.2. The first kappa shape index (κ1) is 19.2. The van der Waals surface area contributed by atoms with Gasteiger partial charge >= 0.3 is 5.69 Å². The summed E-state index contributed by atoms with van der Waals surface area (Å²) in [7, 11) is 0. The van der Waals surface area contributed by atoms with Gasteiger partial charge in [0.25, 0.3) is 5.56 Å². The molecule has 4 rings (SSSR count). The Morgan fingerprint density at radius 1 is 1.36 bits per heavy atom. The van der Waals surface area contributed by atoms with Crippen molar-refractivity contribution in [1.82, 2.24) is 14.0 Å². The predicted molar refractivity (Wildman–Crippen MR) is 111 cm³/mol. The van der Waals surface area contributed by atoms with Crippen LogP contribution in [0.3, 0.4) is 0 Å². The minimum absolute atomic E-state index is 0.0197. The number of fused-ring (bicyclic) bond motifs is 1. The van der Waals surface area contributed by atoms with Crippen molar-refractivity contribution in [3.63, 3.8) is 0 Å². The zero-order valence-electron chi connectivity index (χ0n) is 16.6. The minimum atomic E-state index is -0.252. The van der Waals surface area contributed by atoms with Gasteiger partial charge in [-0.05, 0) is 39.2 Å². The molecular formula is C19H27N5O3S. The van der Waals surface area contributed by atoms with Crippen molar-refractivity contribution in [2.24, 2.45) is 10.7 Å². The molecule has 0 bridgehead atoms. The number of hydrogen-bond donors (Lipinski definition) is 1. The molecule has 152 valence electrons. The molecule has 0 radical (unpaired) electrons. The van der Waals surface area contributed by atoms with E-state index in [1.165, 1.54) is 15.9 Å². The van der Waals surface area contributed by atoms with E-state index in [1.807, 2.05) is 25.7 Å². The van der Waals surface area contributed by atoms with Gasteiger partial charge in [-0.2, -0.15) is 0 Å². The molecule has 9 heteroatoms. The molecule has 0 aliphatic carbocycles. The van der Waals surface area contributed by atoms with Gasteiger partial charge in [0.05, 0.1) is 31.1 Å². The van der Waals surface area contributed by atoms with Gasteiger partial charge in [-0.1, -0.05) is 0 Å². The molecule has 2 N–H and O–H groups in total. The third kappa shape index (κ3) is 3.16. The fourth-order valence-corrected chi connectivity index (χ4v) is 5.32. The second kappa shape index (κ2) is 7.36. The summed E-state index contributed by atoms with van der Waals surface area (Å²) in [6.45, 7) is 8.99. The first-order chi connectivity index (χ1) is 13.4. The first-order valence-corrected chi connectivity index (χ1v) is 10.6. The Balaban J connectivity index is 1.87. The van der Waals surface area contributed by atoms with Crippen LogP contribution in [0.4, 0.5) is 0 Å². The van der Waals surface area contributed by atoms with E-state index in [0.29, 0.717) is 31.0 Å². The largest absolute Gasteiger partial charge is 0.376 e. The zero-order chi connectivity index (χ0) is 20.0. The van der Waals surface area contributed by atoms with E-state index in [2.05, 4.69) is 4.99 Å². The Hall–Kier alpha value is -2.13. The lowest BCUT2D eigenvalue weighted by Crippen LogP contribution is -2.42. The number of nitrogens with zero attached hydrogens (tertiary/aromatic N) is 4. The van der Waals surface area contributed by atoms with Crippen LogP contribution in [-0.2, 0) is 17.8 Å². The van der Waals surface area contributed by atoms with Crippen LogP contribution in [0.5, 0.6) is 0 Å². The number of aliphatic imine (C=N–C) groups is 1. The number of nitrogens with two attached hydrogens (primary N) is 1. The summed E-state index contributed by atoms with van der Waals surface area (Å²) in [6.07, 6.45) is 1.97. The molecule has 0 aromatic carbocycles. The molecule has 8 nitrogen and oxygen atoms in total. The quantitative estimate of drug-likeness (QED) is 0.812. The number of aromatic nitrogens is 2. The molecule has 1 saturated heterocycles. The molecule has 0 saturated carbocycles. The number of thiophene rings is 1. The van der Waals surface area contributed by atoms with Gasteiger partial charge in [0.15, 0.2) is 5.96 Å². The fraction of sp³-hybridized carbons (Fsp3) is 0.632. The Labute approximate surface area is 167 Å². The van der Waals surface area contributed by atoms with E-state index in [0.717, 1.165) is 41.3 Å². The summed E-state index contributed by atoms with van der Waals surface area (Å²) in [5, 5.41) is 0.640. The highest BCUT2D eigenvalue weighted by Gasteiger charge is 2.25. The first-order valence-electron chi connectivity index (χ1n) is 9.82. The van der Waals surface area contributed by atoms with Crippen LogP contribution in [0.25, 0.3) is 10.2 Å². The van der Waals surface area contributed by atoms with Crippen molar-refractivity contribution < 1.29 is 4.74 Å². The summed E-state index contributed by atoms with van der Waals surface area (Å²) in [4.78, 5) is 34.4. The molecule has 1 fully saturated rings. The van der Waals surface area contributed by atoms with E-state index < -0.39 is 0 Å². The number of hydrogen-bond acceptors (Lipinski definition) is 7. The van der Waals surface area contributed by atoms with E-state index in [4.69, 9.17) is 10.5 Å². The average molecular weight is 406 g/mol. The molecule has 28 heavy (non-hydrogen) atoms. The number of aryl methyl sites for hydroxylation is 1. The lowest BCUT2D eigenvalue weighted by molar-refractivity contribution is 0.0965. The van der Waals surface area contributed by atoms with Crippen molar-refractivity contribution in [3.05, 3.63) is 31.3 Å². The smallest absolute Gasteiger partial charge is 0.332 e. The Kier molecular flexibility index (Phi) is 5.05. The van der Waals surface area contributed by atoms with Crippen molar-refractivity contribution >= 4 is 27.5 Å². The second-order valence-corrected chi connectivity index (χ2v) is 8.87. The normalized spacial score (nSPS) is 19.9. The van der Waals surface area contributed by atoms with Crippen LogP contribution in [-0.4, -0.2) is 45.8 Å². The standard InChI is InChI=1S/C19H27N5O3S/c1-11(2)24-16(25)15-12(3)14(10-22-7-6-21-18(22)20)28-17(15)23(19(24)26)9-13-5-4-8-27-13/h11,13H,4-10H2,1-3H3,(H2,20,21). The lowest BCUT2D eigenvalue weighted by Gasteiger charge is -2.17. The maximum Gasteiger partial charge on any atom is 0.332 e. The van der Waals surface area contributed by atoms with Crippen LogP contribution in [0.1, 0.15) is 43.2 Å². The van der Waals surface area contributed by atoms with Crippen LogP contribution in [0, 0.1) is 6.92 Å². The van der Waals surface area contributed by atoms with Gasteiger partial charge in [0.2, 0.25) is 0 Å². The predicted octanol–water partition coefficient (Wildman–Crippen LogP) is 1.42. The van der Waals surface area contributed by atoms with Crippen LogP contribution in [0.2, 0.25) is 0 Å². The molecule has 4 heterocycles. The lowest BCUT2D eigenvalue weighted by atomic mass is 10.2. The number of guanidine groups is 1. The summed E-state index contributed by atoms with van der Waals surface area (Å²) >= 11 is 1.51. The maximum absolute atomic E-state index is 13.2. The Bertz CT molecular complexity index is 1040. The Morgan fingerprint density at radius 2 is 2.14 bits per heavy atom. The molecule has 1 atom stereocenters. The highest BCUT2D eigenvalue weighted by Crippen LogP contribution is 2.30. The van der Waals surface area contributed by atoms with E-state index in [1.54, 1.807) is 4.57 Å². The van der Waals surface area contributed by atoms with Gasteiger partial charge in [0.1, 0.15) is 4.83 Å². The summed E-state index contributed by atoms with van der Waals surface area (Å²) in [6, 6.07) is -0.204. The molecule has 2 aliphatic rings. The summed E-state index contributed by atoms with van der Waals surface area (Å²) in [5.41, 5.74) is 6.44. The molecule has 2 aromatic heterocycles. The van der Waals surface area contributed by atoms with E-state index >= 15 is 0 Å². The average Bonchev–Trinajstić information content (AvgIpc) is 3.35. The van der Waals surface area contributed by atoms with Crippen molar-refractivity contribution in [2.45, 2.75) is 58.8 Å². The third-order valence-corrected chi connectivity index (χ3v) is 6.87. The SMILES string of the molecule is Cc1c(CN2CCN=C2N)sc2c1c(=O)n(C(C)C)c(=O)n2CC1CCCO1. The van der Waals surface area contributed by atoms with Crippen molar-refractivity contribution in [2.75, 3.05) is 19.7 Å².